The molecule has 0 radical (unpaired) electrons. The number of hydrogen-bond acceptors (Lipinski definition) is 3. The maximum Gasteiger partial charge on any atom is 0.324 e. The smallest absolute Gasteiger partial charge is 0.324 e. The van der Waals surface area contributed by atoms with Gasteiger partial charge in [0.1, 0.15) is 0 Å². The molecule has 0 aromatic heterocycles. The average molecular weight is 240 g/mol. The lowest BCUT2D eigenvalue weighted by molar-refractivity contribution is -0.143. The van der Waals surface area contributed by atoms with Crippen LogP contribution >= 0.6 is 11.6 Å². The topological polar surface area (TPSA) is 83.5 Å². The van der Waals surface area contributed by atoms with Crippen molar-refractivity contribution in [2.45, 2.75) is 0 Å². The van der Waals surface area contributed by atoms with Gasteiger partial charge in [-0.15, -0.1) is 0 Å². The number of carboxylic acid groups (broad SMARTS) is 1. The van der Waals surface area contributed by atoms with Gasteiger partial charge in [-0.1, -0.05) is 11.6 Å². The molecule has 2 N–H and O–H groups in total. The van der Waals surface area contributed by atoms with Gasteiger partial charge in [-0.25, -0.2) is 0 Å². The van der Waals surface area contributed by atoms with Gasteiger partial charge in [-0.2, -0.15) is 0 Å². The minimum atomic E-state index is -1.67. The number of halogens is 1. The number of ketones is 1. The number of benzene rings is 1. The van der Waals surface area contributed by atoms with Gasteiger partial charge in [0.05, 0.1) is 5.69 Å². The summed E-state index contributed by atoms with van der Waals surface area (Å²) >= 11 is 5.69. The van der Waals surface area contributed by atoms with E-state index in [0.717, 1.165) is 0 Å². The van der Waals surface area contributed by atoms with Crippen molar-refractivity contribution in [3.05, 3.63) is 28.8 Å². The molecule has 2 rings (SSSR count). The van der Waals surface area contributed by atoms with Gasteiger partial charge < -0.3 is 10.4 Å². The zero-order valence-corrected chi connectivity index (χ0v) is 8.62. The summed E-state index contributed by atoms with van der Waals surface area (Å²) in [4.78, 5) is 33.8. The molecule has 0 spiro atoms. The van der Waals surface area contributed by atoms with Crippen molar-refractivity contribution in [3.63, 3.8) is 0 Å². The maximum absolute atomic E-state index is 11.7. The molecule has 0 bridgehead atoms. The minimum absolute atomic E-state index is 0.163. The van der Waals surface area contributed by atoms with E-state index in [4.69, 9.17) is 16.7 Å². The van der Waals surface area contributed by atoms with E-state index in [2.05, 4.69) is 5.32 Å². The number of anilines is 1. The summed E-state index contributed by atoms with van der Waals surface area (Å²) in [5.74, 6) is -4.69. The molecular formula is C10H6ClNO4. The molecule has 82 valence electrons. The Bertz CT molecular complexity index is 512. The SMILES string of the molecule is O=C(O)C1C(=O)Nc2cc(Cl)ccc2C1=O. The molecule has 1 unspecified atom stereocenters. The van der Waals surface area contributed by atoms with E-state index >= 15 is 0 Å². The third-order valence-electron chi connectivity index (χ3n) is 2.28. The molecule has 1 aliphatic rings. The van der Waals surface area contributed by atoms with Crippen LogP contribution in [0.15, 0.2) is 18.2 Å². The Balaban J connectivity index is 2.53. The molecule has 1 aliphatic heterocycles. The van der Waals surface area contributed by atoms with Gasteiger partial charge in [-0.3, -0.25) is 14.4 Å². The van der Waals surface area contributed by atoms with E-state index < -0.39 is 23.6 Å². The summed E-state index contributed by atoms with van der Waals surface area (Å²) in [6.45, 7) is 0. The summed E-state index contributed by atoms with van der Waals surface area (Å²) in [5.41, 5.74) is 0.413. The fourth-order valence-corrected chi connectivity index (χ4v) is 1.71. The highest BCUT2D eigenvalue weighted by molar-refractivity contribution is 6.33. The van der Waals surface area contributed by atoms with Crippen molar-refractivity contribution in [1.29, 1.82) is 0 Å². The van der Waals surface area contributed by atoms with E-state index in [1.54, 1.807) is 0 Å². The fourth-order valence-electron chi connectivity index (χ4n) is 1.54. The van der Waals surface area contributed by atoms with E-state index in [1.807, 2.05) is 0 Å². The number of hydrogen-bond donors (Lipinski definition) is 2. The Morgan fingerprint density at radius 3 is 2.69 bits per heavy atom. The lowest BCUT2D eigenvalue weighted by Crippen LogP contribution is -2.40. The van der Waals surface area contributed by atoms with Gasteiger partial charge >= 0.3 is 5.97 Å². The van der Waals surface area contributed by atoms with Crippen molar-refractivity contribution in [1.82, 2.24) is 0 Å². The zero-order valence-electron chi connectivity index (χ0n) is 7.86. The normalized spacial score (nSPS) is 18.9. The molecule has 6 heteroatoms. The molecule has 5 nitrogen and oxygen atoms in total. The molecule has 0 aliphatic carbocycles. The van der Waals surface area contributed by atoms with Crippen molar-refractivity contribution in [2.75, 3.05) is 5.32 Å². The van der Waals surface area contributed by atoms with Gasteiger partial charge in [0.15, 0.2) is 11.7 Å². The van der Waals surface area contributed by atoms with Crippen molar-refractivity contribution >= 4 is 34.9 Å². The predicted molar refractivity (Wildman–Crippen MR) is 55.5 cm³/mol. The van der Waals surface area contributed by atoms with Crippen LogP contribution in [0.4, 0.5) is 5.69 Å². The number of carbonyl (C=O) groups excluding carboxylic acids is 2. The average Bonchev–Trinajstić information content (AvgIpc) is 2.15. The Kier molecular flexibility index (Phi) is 2.40. The Hall–Kier alpha value is -1.88. The highest BCUT2D eigenvalue weighted by atomic mass is 35.5. The van der Waals surface area contributed by atoms with E-state index in [-0.39, 0.29) is 11.3 Å². The van der Waals surface area contributed by atoms with Crippen LogP contribution in [0.2, 0.25) is 5.02 Å². The van der Waals surface area contributed by atoms with Crippen LogP contribution in [0, 0.1) is 5.92 Å². The lowest BCUT2D eigenvalue weighted by atomic mass is 9.92. The first kappa shape index (κ1) is 10.6. The Morgan fingerprint density at radius 2 is 2.06 bits per heavy atom. The fraction of sp³-hybridized carbons (Fsp3) is 0.100. The van der Waals surface area contributed by atoms with Crippen LogP contribution in [-0.4, -0.2) is 22.8 Å². The van der Waals surface area contributed by atoms with Gasteiger partial charge in [0.25, 0.3) is 0 Å². The summed E-state index contributed by atoms with van der Waals surface area (Å²) < 4.78 is 0. The quantitative estimate of drug-likeness (QED) is 0.721. The molecule has 1 heterocycles. The number of amides is 1. The van der Waals surface area contributed by atoms with Gasteiger partial charge in [0.2, 0.25) is 5.91 Å². The summed E-state index contributed by atoms with van der Waals surface area (Å²) in [6.07, 6.45) is 0. The second kappa shape index (κ2) is 3.61. The number of rotatable bonds is 1. The van der Waals surface area contributed by atoms with Gasteiger partial charge in [-0.05, 0) is 18.2 Å². The zero-order chi connectivity index (χ0) is 11.9. The number of Topliss-reactive ketones (excluding diaryl/α,β-unsaturated/α-hetero) is 1. The first-order valence-electron chi connectivity index (χ1n) is 4.38. The van der Waals surface area contributed by atoms with Crippen molar-refractivity contribution in [3.8, 4) is 0 Å². The van der Waals surface area contributed by atoms with Gasteiger partial charge in [0, 0.05) is 10.6 Å². The molecule has 1 atom stereocenters. The molecular weight excluding hydrogens is 234 g/mol. The van der Waals surface area contributed by atoms with Crippen LogP contribution in [0.3, 0.4) is 0 Å². The van der Waals surface area contributed by atoms with E-state index in [1.165, 1.54) is 18.2 Å². The Labute approximate surface area is 95.0 Å². The van der Waals surface area contributed by atoms with Crippen LogP contribution < -0.4 is 5.32 Å². The van der Waals surface area contributed by atoms with E-state index in [9.17, 15) is 14.4 Å². The lowest BCUT2D eigenvalue weighted by Gasteiger charge is -2.20. The largest absolute Gasteiger partial charge is 0.480 e. The summed E-state index contributed by atoms with van der Waals surface area (Å²) in [7, 11) is 0. The number of carboxylic acids is 1. The third kappa shape index (κ3) is 1.55. The number of aliphatic carboxylic acids is 1. The monoisotopic (exact) mass is 239 g/mol. The molecule has 16 heavy (non-hydrogen) atoms. The maximum atomic E-state index is 11.7. The van der Waals surface area contributed by atoms with Crippen LogP contribution in [0.1, 0.15) is 10.4 Å². The highest BCUT2D eigenvalue weighted by Crippen LogP contribution is 2.28. The third-order valence-corrected chi connectivity index (χ3v) is 2.51. The number of nitrogens with one attached hydrogen (secondary N) is 1. The van der Waals surface area contributed by atoms with E-state index in [0.29, 0.717) is 5.02 Å². The number of fused-ring (bicyclic) bond motifs is 1. The first-order valence-corrected chi connectivity index (χ1v) is 4.76. The molecule has 0 fully saturated rings. The molecule has 1 aromatic carbocycles. The van der Waals surface area contributed by atoms with Crippen LogP contribution in [0.5, 0.6) is 0 Å². The number of carbonyl (C=O) groups is 3. The molecule has 1 aromatic rings. The van der Waals surface area contributed by atoms with Crippen molar-refractivity contribution in [2.24, 2.45) is 5.92 Å². The highest BCUT2D eigenvalue weighted by Gasteiger charge is 2.39. The minimum Gasteiger partial charge on any atom is -0.480 e. The molecule has 1 amide bonds. The summed E-state index contributed by atoms with van der Waals surface area (Å²) in [5, 5.41) is 11.5. The predicted octanol–water partition coefficient (Wildman–Crippen LogP) is 1.18. The molecule has 0 saturated carbocycles. The second-order valence-corrected chi connectivity index (χ2v) is 3.75. The molecule has 0 saturated heterocycles. The van der Waals surface area contributed by atoms with Crippen LogP contribution in [-0.2, 0) is 9.59 Å². The second-order valence-electron chi connectivity index (χ2n) is 3.31. The summed E-state index contributed by atoms with van der Waals surface area (Å²) in [6, 6.07) is 4.27. The standard InChI is InChI=1S/C10H6ClNO4/c11-4-1-2-5-6(3-4)12-9(14)7(8(5)13)10(15)16/h1-3,7H,(H,12,14)(H,15,16). The Morgan fingerprint density at radius 1 is 1.38 bits per heavy atom. The van der Waals surface area contributed by atoms with Crippen LogP contribution in [0.25, 0.3) is 0 Å². The van der Waals surface area contributed by atoms with Crippen molar-refractivity contribution < 1.29 is 19.5 Å². The first-order chi connectivity index (χ1) is 7.50.